The van der Waals surface area contributed by atoms with Crippen molar-refractivity contribution < 1.29 is 9.72 Å². The monoisotopic (exact) mass is 297 g/mol. The molecule has 108 valence electrons. The highest BCUT2D eigenvalue weighted by atomic mass is 35.5. The first-order valence-corrected chi connectivity index (χ1v) is 6.82. The number of nitro groups is 1. The molecule has 0 unspecified atom stereocenters. The van der Waals surface area contributed by atoms with Crippen LogP contribution in [-0.4, -0.2) is 35.4 Å². The topological polar surface area (TPSA) is 75.5 Å². The first-order chi connectivity index (χ1) is 9.45. The molecule has 0 saturated heterocycles. The second kappa shape index (κ2) is 5.66. The largest absolute Gasteiger partial charge is 0.379 e. The van der Waals surface area contributed by atoms with E-state index >= 15 is 0 Å². The molecule has 0 aromatic heterocycles. The number of anilines is 1. The Bertz CT molecular complexity index is 558. The van der Waals surface area contributed by atoms with Gasteiger partial charge in [-0.1, -0.05) is 11.6 Å². The van der Waals surface area contributed by atoms with Gasteiger partial charge in [0.05, 0.1) is 9.95 Å². The lowest BCUT2D eigenvalue weighted by atomic mass is 10.1. The number of carbonyl (C=O) groups excluding carboxylic acids is 1. The Morgan fingerprint density at radius 1 is 1.55 bits per heavy atom. The maximum absolute atomic E-state index is 12.2. The highest BCUT2D eigenvalue weighted by Crippen LogP contribution is 2.35. The molecule has 0 heterocycles. The van der Waals surface area contributed by atoms with Crippen molar-refractivity contribution in [3.8, 4) is 0 Å². The van der Waals surface area contributed by atoms with E-state index < -0.39 is 4.92 Å². The predicted molar refractivity (Wildman–Crippen MR) is 77.4 cm³/mol. The Labute approximate surface area is 121 Å². The Morgan fingerprint density at radius 3 is 2.70 bits per heavy atom. The molecular formula is C13H16ClN3O3. The summed E-state index contributed by atoms with van der Waals surface area (Å²) in [7, 11) is 1.71. The van der Waals surface area contributed by atoms with Crippen LogP contribution in [0.1, 0.15) is 30.1 Å². The molecule has 1 N–H and O–H groups in total. The zero-order valence-electron chi connectivity index (χ0n) is 11.4. The zero-order valence-corrected chi connectivity index (χ0v) is 12.1. The van der Waals surface area contributed by atoms with Crippen LogP contribution in [0.4, 0.5) is 11.4 Å². The van der Waals surface area contributed by atoms with Crippen LogP contribution in [0, 0.1) is 10.1 Å². The minimum atomic E-state index is -0.530. The summed E-state index contributed by atoms with van der Waals surface area (Å²) in [4.78, 5) is 24.5. The van der Waals surface area contributed by atoms with Crippen LogP contribution in [0.2, 0.25) is 5.02 Å². The number of amides is 1. The molecule has 0 bridgehead atoms. The molecule has 1 fully saturated rings. The van der Waals surface area contributed by atoms with Crippen molar-refractivity contribution in [3.63, 3.8) is 0 Å². The van der Waals surface area contributed by atoms with Gasteiger partial charge in [0.15, 0.2) is 0 Å². The normalized spacial score (nSPS) is 13.9. The van der Waals surface area contributed by atoms with Crippen LogP contribution in [-0.2, 0) is 0 Å². The summed E-state index contributed by atoms with van der Waals surface area (Å²) < 4.78 is 0. The van der Waals surface area contributed by atoms with Crippen LogP contribution in [0.15, 0.2) is 12.1 Å². The molecular weight excluding hydrogens is 282 g/mol. The standard InChI is InChI=1S/C13H16ClN3O3/c1-3-15-12-10(14)6-8(7-11(12)17(19)20)13(18)16(2)9-4-5-9/h6-7,9,15H,3-5H2,1-2H3. The first kappa shape index (κ1) is 14.6. The van der Waals surface area contributed by atoms with E-state index in [4.69, 9.17) is 11.6 Å². The molecule has 20 heavy (non-hydrogen) atoms. The number of nitrogens with zero attached hydrogens (tertiary/aromatic N) is 2. The number of nitrogens with one attached hydrogen (secondary N) is 1. The third-order valence-corrected chi connectivity index (χ3v) is 3.58. The van der Waals surface area contributed by atoms with Crippen LogP contribution >= 0.6 is 11.6 Å². The van der Waals surface area contributed by atoms with Gasteiger partial charge in [-0.2, -0.15) is 0 Å². The molecule has 1 aromatic carbocycles. The van der Waals surface area contributed by atoms with Gasteiger partial charge in [-0.25, -0.2) is 0 Å². The number of nitro benzene ring substituents is 1. The number of hydrogen-bond donors (Lipinski definition) is 1. The summed E-state index contributed by atoms with van der Waals surface area (Å²) >= 11 is 6.06. The highest BCUT2D eigenvalue weighted by Gasteiger charge is 2.31. The van der Waals surface area contributed by atoms with Gasteiger partial charge in [-0.3, -0.25) is 14.9 Å². The van der Waals surface area contributed by atoms with Crippen molar-refractivity contribution >= 4 is 28.9 Å². The highest BCUT2D eigenvalue weighted by molar-refractivity contribution is 6.34. The Balaban J connectivity index is 2.39. The third-order valence-electron chi connectivity index (χ3n) is 3.28. The fourth-order valence-corrected chi connectivity index (χ4v) is 2.32. The van der Waals surface area contributed by atoms with Crippen LogP contribution in [0.3, 0.4) is 0 Å². The average Bonchev–Trinajstić information content (AvgIpc) is 3.23. The summed E-state index contributed by atoms with van der Waals surface area (Å²) in [6.07, 6.45) is 1.96. The number of halogens is 1. The van der Waals surface area contributed by atoms with E-state index in [2.05, 4.69) is 5.32 Å². The molecule has 7 heteroatoms. The molecule has 0 atom stereocenters. The zero-order chi connectivity index (χ0) is 14.9. The van der Waals surface area contributed by atoms with Crippen molar-refractivity contribution in [1.29, 1.82) is 0 Å². The molecule has 6 nitrogen and oxygen atoms in total. The lowest BCUT2D eigenvalue weighted by molar-refractivity contribution is -0.384. The van der Waals surface area contributed by atoms with Gasteiger partial charge in [-0.05, 0) is 25.8 Å². The van der Waals surface area contributed by atoms with E-state index in [-0.39, 0.29) is 33.9 Å². The smallest absolute Gasteiger partial charge is 0.294 e. The van der Waals surface area contributed by atoms with Gasteiger partial charge in [0.2, 0.25) is 0 Å². The molecule has 1 saturated carbocycles. The quantitative estimate of drug-likeness (QED) is 0.670. The minimum absolute atomic E-state index is 0.174. The van der Waals surface area contributed by atoms with E-state index in [1.54, 1.807) is 11.9 Å². The Morgan fingerprint density at radius 2 is 2.20 bits per heavy atom. The van der Waals surface area contributed by atoms with Crippen LogP contribution in [0.25, 0.3) is 0 Å². The molecule has 1 aliphatic carbocycles. The van der Waals surface area contributed by atoms with E-state index in [0.29, 0.717) is 6.54 Å². The van der Waals surface area contributed by atoms with Crippen LogP contribution < -0.4 is 5.32 Å². The van der Waals surface area contributed by atoms with E-state index in [9.17, 15) is 14.9 Å². The Hall–Kier alpha value is -1.82. The van der Waals surface area contributed by atoms with Crippen molar-refractivity contribution in [3.05, 3.63) is 32.8 Å². The fraction of sp³-hybridized carbons (Fsp3) is 0.462. The summed E-state index contributed by atoms with van der Waals surface area (Å²) in [6, 6.07) is 3.01. The maximum Gasteiger partial charge on any atom is 0.294 e. The number of rotatable bonds is 5. The molecule has 1 amide bonds. The second-order valence-electron chi connectivity index (χ2n) is 4.79. The molecule has 0 aliphatic heterocycles. The lowest BCUT2D eigenvalue weighted by Crippen LogP contribution is -2.28. The fourth-order valence-electron chi connectivity index (χ4n) is 2.04. The maximum atomic E-state index is 12.2. The number of benzene rings is 1. The third kappa shape index (κ3) is 2.85. The molecule has 0 radical (unpaired) electrons. The van der Waals surface area contributed by atoms with Crippen molar-refractivity contribution in [2.45, 2.75) is 25.8 Å². The summed E-state index contributed by atoms with van der Waals surface area (Å²) in [5, 5.41) is 14.2. The van der Waals surface area contributed by atoms with Gasteiger partial charge in [0.25, 0.3) is 11.6 Å². The van der Waals surface area contributed by atoms with Crippen molar-refractivity contribution in [2.75, 3.05) is 18.9 Å². The SMILES string of the molecule is CCNc1c(Cl)cc(C(=O)N(C)C2CC2)cc1[N+](=O)[O-]. The molecule has 2 rings (SSSR count). The number of hydrogen-bond acceptors (Lipinski definition) is 4. The second-order valence-corrected chi connectivity index (χ2v) is 5.19. The van der Waals surface area contributed by atoms with E-state index in [0.717, 1.165) is 12.8 Å². The average molecular weight is 298 g/mol. The summed E-state index contributed by atoms with van der Waals surface area (Å²) in [5.41, 5.74) is 0.328. The molecule has 1 aromatic rings. The number of carbonyl (C=O) groups is 1. The van der Waals surface area contributed by atoms with Gasteiger partial charge >= 0.3 is 0 Å². The van der Waals surface area contributed by atoms with E-state index in [1.165, 1.54) is 12.1 Å². The predicted octanol–water partition coefficient (Wildman–Crippen LogP) is 2.91. The van der Waals surface area contributed by atoms with E-state index in [1.807, 2.05) is 6.92 Å². The summed E-state index contributed by atoms with van der Waals surface area (Å²) in [5.74, 6) is -0.236. The van der Waals surface area contributed by atoms with Crippen molar-refractivity contribution in [2.24, 2.45) is 0 Å². The van der Waals surface area contributed by atoms with Crippen LogP contribution in [0.5, 0.6) is 0 Å². The summed E-state index contributed by atoms with van der Waals surface area (Å²) in [6.45, 7) is 2.33. The van der Waals surface area contributed by atoms with Gasteiger partial charge in [-0.15, -0.1) is 0 Å². The molecule has 1 aliphatic rings. The first-order valence-electron chi connectivity index (χ1n) is 6.44. The molecule has 0 spiro atoms. The van der Waals surface area contributed by atoms with Gasteiger partial charge < -0.3 is 10.2 Å². The minimum Gasteiger partial charge on any atom is -0.379 e. The van der Waals surface area contributed by atoms with Crippen molar-refractivity contribution in [1.82, 2.24) is 4.90 Å². The van der Waals surface area contributed by atoms with Gasteiger partial charge in [0.1, 0.15) is 5.69 Å². The van der Waals surface area contributed by atoms with Gasteiger partial charge in [0, 0.05) is 31.3 Å². The Kier molecular flexibility index (Phi) is 4.13. The lowest BCUT2D eigenvalue weighted by Gasteiger charge is -2.17.